The van der Waals surface area contributed by atoms with E-state index in [-0.39, 0.29) is 33.6 Å². The minimum absolute atomic E-state index is 0.0165. The van der Waals surface area contributed by atoms with Crippen LogP contribution in [0.15, 0.2) is 84.9 Å². The zero-order chi connectivity index (χ0) is 27.4. The van der Waals surface area contributed by atoms with Crippen molar-refractivity contribution in [3.8, 4) is 11.1 Å². The smallest absolute Gasteiger partial charge is 0.337 e. The average Bonchev–Trinajstić information content (AvgIpc) is 2.89. The maximum atomic E-state index is 13.1. The van der Waals surface area contributed by atoms with Crippen LogP contribution in [0.5, 0.6) is 0 Å². The summed E-state index contributed by atoms with van der Waals surface area (Å²) < 4.78 is 26.3. The molecule has 4 rings (SSSR count). The van der Waals surface area contributed by atoms with Gasteiger partial charge in [0.1, 0.15) is 11.6 Å². The SMILES string of the molecule is O=C(Nc1ccc(-c2ccc(NC(=O)c3ccc(F)cc3)c(C(=O)O)c2)cc1C(=O)O)c1ccc(F)cc1. The predicted molar refractivity (Wildman–Crippen MR) is 135 cm³/mol. The zero-order valence-electron chi connectivity index (χ0n) is 19.4. The number of anilines is 2. The third-order valence-electron chi connectivity index (χ3n) is 5.54. The lowest BCUT2D eigenvalue weighted by Crippen LogP contribution is -2.15. The molecule has 4 N–H and O–H groups in total. The number of carboxylic acid groups (broad SMARTS) is 2. The molecule has 0 heterocycles. The average molecular weight is 516 g/mol. The van der Waals surface area contributed by atoms with Crippen molar-refractivity contribution >= 4 is 35.1 Å². The fourth-order valence-electron chi connectivity index (χ4n) is 3.61. The van der Waals surface area contributed by atoms with E-state index in [1.807, 2.05) is 0 Å². The van der Waals surface area contributed by atoms with Crippen LogP contribution in [-0.2, 0) is 0 Å². The third kappa shape index (κ3) is 5.71. The van der Waals surface area contributed by atoms with Crippen LogP contribution in [0.3, 0.4) is 0 Å². The Morgan fingerprint density at radius 3 is 1.18 bits per heavy atom. The summed E-state index contributed by atoms with van der Waals surface area (Å²) in [4.78, 5) is 48.8. The first-order valence-electron chi connectivity index (χ1n) is 11.0. The van der Waals surface area contributed by atoms with Crippen LogP contribution >= 0.6 is 0 Å². The summed E-state index contributed by atoms with van der Waals surface area (Å²) in [5.74, 6) is -5.03. The molecule has 0 aliphatic rings. The first kappa shape index (κ1) is 25.7. The molecular weight excluding hydrogens is 498 g/mol. The standard InChI is InChI=1S/C28H18F2N2O6/c29-19-7-1-15(2-8-19)25(33)31-23-11-5-17(13-21(23)27(35)36)18-6-12-24(22(14-18)28(37)38)32-26(34)16-3-9-20(30)10-4-16/h1-14H,(H,31,33)(H,32,34)(H,35,36)(H,37,38). The Bertz CT molecular complexity index is 1450. The lowest BCUT2D eigenvalue weighted by atomic mass is 9.98. The molecule has 38 heavy (non-hydrogen) atoms. The fraction of sp³-hybridized carbons (Fsp3) is 0. The van der Waals surface area contributed by atoms with E-state index in [1.54, 1.807) is 0 Å². The van der Waals surface area contributed by atoms with Crippen molar-refractivity contribution in [2.45, 2.75) is 0 Å². The topological polar surface area (TPSA) is 133 Å². The van der Waals surface area contributed by atoms with Crippen LogP contribution in [0, 0.1) is 11.6 Å². The van der Waals surface area contributed by atoms with Crippen molar-refractivity contribution in [2.24, 2.45) is 0 Å². The van der Waals surface area contributed by atoms with Crippen LogP contribution < -0.4 is 10.6 Å². The minimum Gasteiger partial charge on any atom is -0.478 e. The lowest BCUT2D eigenvalue weighted by molar-refractivity contribution is 0.0686. The van der Waals surface area contributed by atoms with Crippen molar-refractivity contribution in [1.82, 2.24) is 0 Å². The molecule has 0 bridgehead atoms. The van der Waals surface area contributed by atoms with Gasteiger partial charge in [-0.15, -0.1) is 0 Å². The lowest BCUT2D eigenvalue weighted by Gasteiger charge is -2.13. The molecule has 8 nitrogen and oxygen atoms in total. The predicted octanol–water partition coefficient (Wildman–Crippen LogP) is 5.53. The van der Waals surface area contributed by atoms with E-state index in [2.05, 4.69) is 10.6 Å². The summed E-state index contributed by atoms with van der Waals surface area (Å²) in [7, 11) is 0. The highest BCUT2D eigenvalue weighted by molar-refractivity contribution is 6.09. The maximum absolute atomic E-state index is 13.1. The summed E-state index contributed by atoms with van der Waals surface area (Å²) in [6.45, 7) is 0. The Labute approximate surface area is 214 Å². The second-order valence-electron chi connectivity index (χ2n) is 8.05. The fourth-order valence-corrected chi connectivity index (χ4v) is 3.61. The van der Waals surface area contributed by atoms with Gasteiger partial charge in [-0.3, -0.25) is 9.59 Å². The molecule has 0 aromatic heterocycles. The van der Waals surface area contributed by atoms with E-state index in [1.165, 1.54) is 60.7 Å². The second kappa shape index (κ2) is 10.7. The van der Waals surface area contributed by atoms with Crippen LogP contribution in [0.4, 0.5) is 20.2 Å². The molecule has 0 saturated heterocycles. The van der Waals surface area contributed by atoms with Gasteiger partial charge in [-0.25, -0.2) is 18.4 Å². The minimum atomic E-state index is -1.34. The number of amides is 2. The molecule has 0 fully saturated rings. The number of carbonyl (C=O) groups excluding carboxylic acids is 2. The number of halogens is 2. The van der Waals surface area contributed by atoms with Crippen molar-refractivity contribution in [3.63, 3.8) is 0 Å². The van der Waals surface area contributed by atoms with E-state index >= 15 is 0 Å². The van der Waals surface area contributed by atoms with Gasteiger partial charge in [0.25, 0.3) is 11.8 Å². The van der Waals surface area contributed by atoms with E-state index in [4.69, 9.17) is 0 Å². The van der Waals surface area contributed by atoms with Gasteiger partial charge < -0.3 is 20.8 Å². The Morgan fingerprint density at radius 1 is 0.526 bits per heavy atom. The third-order valence-corrected chi connectivity index (χ3v) is 5.54. The van der Waals surface area contributed by atoms with E-state index < -0.39 is 35.4 Å². The van der Waals surface area contributed by atoms with Gasteiger partial charge in [-0.1, -0.05) is 12.1 Å². The molecule has 2 amide bonds. The molecule has 0 radical (unpaired) electrons. The van der Waals surface area contributed by atoms with E-state index in [0.717, 1.165) is 24.3 Å². The molecule has 4 aromatic carbocycles. The normalized spacial score (nSPS) is 10.5. The number of rotatable bonds is 7. The summed E-state index contributed by atoms with van der Waals surface area (Å²) >= 11 is 0. The van der Waals surface area contributed by atoms with E-state index in [0.29, 0.717) is 11.1 Å². The van der Waals surface area contributed by atoms with Crippen molar-refractivity contribution in [3.05, 3.63) is 119 Å². The number of aromatic carboxylic acids is 2. The molecule has 0 aliphatic heterocycles. The van der Waals surface area contributed by atoms with Gasteiger partial charge in [0, 0.05) is 11.1 Å². The Morgan fingerprint density at radius 2 is 0.868 bits per heavy atom. The first-order chi connectivity index (χ1) is 18.1. The molecule has 0 spiro atoms. The van der Waals surface area contributed by atoms with Crippen LogP contribution in [0.25, 0.3) is 11.1 Å². The summed E-state index contributed by atoms with van der Waals surface area (Å²) in [5, 5.41) is 24.4. The largest absolute Gasteiger partial charge is 0.478 e. The monoisotopic (exact) mass is 516 g/mol. The highest BCUT2D eigenvalue weighted by atomic mass is 19.1. The van der Waals surface area contributed by atoms with Gasteiger partial charge in [0.05, 0.1) is 22.5 Å². The van der Waals surface area contributed by atoms with Crippen molar-refractivity contribution in [2.75, 3.05) is 10.6 Å². The van der Waals surface area contributed by atoms with Gasteiger partial charge >= 0.3 is 11.9 Å². The molecule has 10 heteroatoms. The van der Waals surface area contributed by atoms with Crippen LogP contribution in [0.2, 0.25) is 0 Å². The Hall–Kier alpha value is -5.38. The van der Waals surface area contributed by atoms with Gasteiger partial charge in [0.2, 0.25) is 0 Å². The molecule has 0 saturated carbocycles. The van der Waals surface area contributed by atoms with Gasteiger partial charge in [-0.05, 0) is 83.9 Å². The number of benzene rings is 4. The molecule has 4 aromatic rings. The van der Waals surface area contributed by atoms with Crippen LogP contribution in [-0.4, -0.2) is 34.0 Å². The molecule has 0 unspecified atom stereocenters. The number of nitrogens with one attached hydrogen (secondary N) is 2. The highest BCUT2D eigenvalue weighted by Gasteiger charge is 2.18. The van der Waals surface area contributed by atoms with Gasteiger partial charge in [-0.2, -0.15) is 0 Å². The number of hydrogen-bond donors (Lipinski definition) is 4. The van der Waals surface area contributed by atoms with Crippen LogP contribution in [0.1, 0.15) is 41.4 Å². The summed E-state index contributed by atoms with van der Waals surface area (Å²) in [5.41, 5.74) is 0.357. The summed E-state index contributed by atoms with van der Waals surface area (Å²) in [6.07, 6.45) is 0. The number of carbonyl (C=O) groups is 4. The molecule has 190 valence electrons. The second-order valence-corrected chi connectivity index (χ2v) is 8.05. The molecule has 0 aliphatic carbocycles. The van der Waals surface area contributed by atoms with Crippen molar-refractivity contribution in [1.29, 1.82) is 0 Å². The first-order valence-corrected chi connectivity index (χ1v) is 11.0. The molecular formula is C28H18F2N2O6. The van der Waals surface area contributed by atoms with E-state index in [9.17, 15) is 38.2 Å². The highest BCUT2D eigenvalue weighted by Crippen LogP contribution is 2.29. The Kier molecular flexibility index (Phi) is 7.24. The quantitative estimate of drug-likeness (QED) is 0.255. The Balaban J connectivity index is 1.63. The summed E-state index contributed by atoms with van der Waals surface area (Å²) in [6, 6.07) is 17.6. The maximum Gasteiger partial charge on any atom is 0.337 e. The van der Waals surface area contributed by atoms with Crippen molar-refractivity contribution < 1.29 is 38.2 Å². The molecule has 0 atom stereocenters. The number of carboxylic acids is 2. The zero-order valence-corrected chi connectivity index (χ0v) is 19.4. The van der Waals surface area contributed by atoms with Gasteiger partial charge in [0.15, 0.2) is 0 Å². The number of hydrogen-bond acceptors (Lipinski definition) is 4.